The highest BCUT2D eigenvalue weighted by molar-refractivity contribution is 9.10. The molecular weight excluding hydrogens is 440 g/mol. The summed E-state index contributed by atoms with van der Waals surface area (Å²) in [6.07, 6.45) is 0. The van der Waals surface area contributed by atoms with Gasteiger partial charge in [-0.3, -0.25) is 4.79 Å². The van der Waals surface area contributed by atoms with Crippen molar-refractivity contribution < 1.29 is 4.79 Å². The van der Waals surface area contributed by atoms with Crippen molar-refractivity contribution in [3.63, 3.8) is 0 Å². The summed E-state index contributed by atoms with van der Waals surface area (Å²) < 4.78 is 2.11. The Kier molecular flexibility index (Phi) is 5.95. The summed E-state index contributed by atoms with van der Waals surface area (Å²) in [5.41, 5.74) is 4.14. The van der Waals surface area contributed by atoms with Crippen LogP contribution in [0, 0.1) is 13.8 Å². The number of nitrogens with one attached hydrogen (secondary N) is 1. The van der Waals surface area contributed by atoms with Gasteiger partial charge in [-0.05, 0) is 43.2 Å². The van der Waals surface area contributed by atoms with Gasteiger partial charge in [0.2, 0.25) is 0 Å². The van der Waals surface area contributed by atoms with Gasteiger partial charge in [0, 0.05) is 10.0 Å². The second-order valence-corrected chi connectivity index (χ2v) is 7.10. The molecule has 0 radical (unpaired) electrons. The van der Waals surface area contributed by atoms with Crippen LogP contribution in [0.15, 0.2) is 40.9 Å². The van der Waals surface area contributed by atoms with Gasteiger partial charge in [0.15, 0.2) is 10.9 Å². The maximum absolute atomic E-state index is 12.2. The molecule has 1 heterocycles. The van der Waals surface area contributed by atoms with Crippen LogP contribution in [0.25, 0.3) is 10.2 Å². The standard InChI is InChI=1S/C17H15BrN2OS.BrH/c1-10-3-8-15-16(11(10)2)20-17(22-15)19-9-14(21)12-4-6-13(18)7-5-12;/h3-8H,9H2,1-2H3,(H,19,20);1H. The van der Waals surface area contributed by atoms with E-state index in [1.165, 1.54) is 11.1 Å². The number of carbonyl (C=O) groups excluding carboxylic acids is 1. The van der Waals surface area contributed by atoms with Crippen LogP contribution in [-0.4, -0.2) is 17.3 Å². The number of halogens is 2. The lowest BCUT2D eigenvalue weighted by molar-refractivity contribution is 0.101. The van der Waals surface area contributed by atoms with Crippen molar-refractivity contribution in [2.24, 2.45) is 0 Å². The van der Waals surface area contributed by atoms with Gasteiger partial charge in [0.1, 0.15) is 0 Å². The molecule has 0 aliphatic rings. The number of Topliss-reactive ketones (excluding diaryl/α,β-unsaturated/α-hetero) is 1. The van der Waals surface area contributed by atoms with Crippen molar-refractivity contribution in [3.8, 4) is 0 Å². The minimum atomic E-state index is 0. The summed E-state index contributed by atoms with van der Waals surface area (Å²) in [6, 6.07) is 11.6. The molecular formula is C17H16Br2N2OS. The minimum Gasteiger partial charge on any atom is -0.354 e. The van der Waals surface area contributed by atoms with Gasteiger partial charge in [-0.15, -0.1) is 17.0 Å². The molecule has 0 saturated heterocycles. The Morgan fingerprint density at radius 2 is 1.87 bits per heavy atom. The number of nitrogens with zero attached hydrogens (tertiary/aromatic N) is 1. The van der Waals surface area contributed by atoms with Crippen LogP contribution in [0.4, 0.5) is 5.13 Å². The van der Waals surface area contributed by atoms with E-state index in [2.05, 4.69) is 52.2 Å². The molecule has 120 valence electrons. The molecule has 0 fully saturated rings. The van der Waals surface area contributed by atoms with Crippen LogP contribution in [-0.2, 0) is 0 Å². The van der Waals surface area contributed by atoms with Gasteiger partial charge in [-0.2, -0.15) is 0 Å². The van der Waals surface area contributed by atoms with E-state index in [4.69, 9.17) is 0 Å². The van der Waals surface area contributed by atoms with Gasteiger partial charge in [-0.25, -0.2) is 4.98 Å². The molecule has 0 aliphatic carbocycles. The topological polar surface area (TPSA) is 42.0 Å². The Bertz CT molecular complexity index is 844. The number of anilines is 1. The van der Waals surface area contributed by atoms with Crippen molar-refractivity contribution in [3.05, 3.63) is 57.6 Å². The van der Waals surface area contributed by atoms with Crippen molar-refractivity contribution in [1.82, 2.24) is 4.98 Å². The predicted molar refractivity (Wildman–Crippen MR) is 106 cm³/mol. The third-order valence-electron chi connectivity index (χ3n) is 3.65. The first kappa shape index (κ1) is 18.1. The van der Waals surface area contributed by atoms with Crippen molar-refractivity contribution >= 4 is 65.4 Å². The van der Waals surface area contributed by atoms with Crippen molar-refractivity contribution in [2.45, 2.75) is 13.8 Å². The second kappa shape index (κ2) is 7.55. The number of benzene rings is 2. The molecule has 3 rings (SSSR count). The molecule has 6 heteroatoms. The number of hydrogen-bond acceptors (Lipinski definition) is 4. The summed E-state index contributed by atoms with van der Waals surface area (Å²) >= 11 is 4.94. The first-order valence-corrected chi connectivity index (χ1v) is 8.55. The van der Waals surface area contributed by atoms with Crippen LogP contribution < -0.4 is 5.32 Å². The Balaban J connectivity index is 0.00000192. The number of rotatable bonds is 4. The first-order chi connectivity index (χ1) is 10.5. The highest BCUT2D eigenvalue weighted by atomic mass is 79.9. The van der Waals surface area contributed by atoms with Gasteiger partial charge >= 0.3 is 0 Å². The number of aromatic nitrogens is 1. The molecule has 0 saturated carbocycles. The molecule has 1 N–H and O–H groups in total. The molecule has 23 heavy (non-hydrogen) atoms. The third kappa shape index (κ3) is 4.00. The fraction of sp³-hybridized carbons (Fsp3) is 0.176. The number of thiazole rings is 1. The Labute approximate surface area is 158 Å². The normalized spacial score (nSPS) is 10.4. The maximum Gasteiger partial charge on any atom is 0.184 e. The highest BCUT2D eigenvalue weighted by Gasteiger charge is 2.10. The van der Waals surface area contributed by atoms with Gasteiger partial charge < -0.3 is 5.32 Å². The molecule has 3 aromatic rings. The molecule has 0 spiro atoms. The van der Waals surface area contributed by atoms with Crippen LogP contribution in [0.5, 0.6) is 0 Å². The maximum atomic E-state index is 12.2. The van der Waals surface area contributed by atoms with E-state index in [-0.39, 0.29) is 29.3 Å². The van der Waals surface area contributed by atoms with Crippen LogP contribution >= 0.6 is 44.2 Å². The fourth-order valence-electron chi connectivity index (χ4n) is 2.20. The Morgan fingerprint density at radius 3 is 2.57 bits per heavy atom. The number of aryl methyl sites for hydroxylation is 2. The number of hydrogen-bond donors (Lipinski definition) is 1. The Morgan fingerprint density at radius 1 is 1.17 bits per heavy atom. The zero-order valence-corrected chi connectivity index (χ0v) is 16.8. The van der Waals surface area contributed by atoms with Crippen molar-refractivity contribution in [2.75, 3.05) is 11.9 Å². The minimum absolute atomic E-state index is 0. The molecule has 0 amide bonds. The van der Waals surface area contributed by atoms with E-state index in [9.17, 15) is 4.79 Å². The van der Waals surface area contributed by atoms with E-state index >= 15 is 0 Å². The third-order valence-corrected chi connectivity index (χ3v) is 5.16. The first-order valence-electron chi connectivity index (χ1n) is 6.94. The van der Waals surface area contributed by atoms with E-state index in [1.54, 1.807) is 11.3 Å². The zero-order valence-electron chi connectivity index (χ0n) is 12.7. The predicted octanol–water partition coefficient (Wildman–Crippen LogP) is 5.55. The molecule has 0 aliphatic heterocycles. The van der Waals surface area contributed by atoms with E-state index in [0.717, 1.165) is 19.8 Å². The van der Waals surface area contributed by atoms with Gasteiger partial charge in [-0.1, -0.05) is 45.5 Å². The highest BCUT2D eigenvalue weighted by Crippen LogP contribution is 2.29. The summed E-state index contributed by atoms with van der Waals surface area (Å²) in [4.78, 5) is 16.8. The largest absolute Gasteiger partial charge is 0.354 e. The zero-order chi connectivity index (χ0) is 15.7. The Hall–Kier alpha value is -1.24. The van der Waals surface area contributed by atoms with Gasteiger partial charge in [0.25, 0.3) is 0 Å². The summed E-state index contributed by atoms with van der Waals surface area (Å²) in [5.74, 6) is 0.0552. The van der Waals surface area contributed by atoms with Crippen LogP contribution in [0.1, 0.15) is 21.5 Å². The van der Waals surface area contributed by atoms with E-state index in [1.807, 2.05) is 24.3 Å². The smallest absolute Gasteiger partial charge is 0.184 e. The summed E-state index contributed by atoms with van der Waals surface area (Å²) in [6.45, 7) is 4.41. The summed E-state index contributed by atoms with van der Waals surface area (Å²) in [7, 11) is 0. The fourth-order valence-corrected chi connectivity index (χ4v) is 3.38. The average Bonchev–Trinajstić information content (AvgIpc) is 2.93. The molecule has 0 unspecified atom stereocenters. The number of fused-ring (bicyclic) bond motifs is 1. The van der Waals surface area contributed by atoms with Crippen LogP contribution in [0.2, 0.25) is 0 Å². The number of ketones is 1. The lowest BCUT2D eigenvalue weighted by Gasteiger charge is -2.02. The van der Waals surface area contributed by atoms with Gasteiger partial charge in [0.05, 0.1) is 16.8 Å². The average molecular weight is 456 g/mol. The number of carbonyl (C=O) groups is 1. The molecule has 2 aromatic carbocycles. The quantitative estimate of drug-likeness (QED) is 0.524. The molecule has 1 aromatic heterocycles. The SMILES string of the molecule is Br.Cc1ccc2sc(NCC(=O)c3ccc(Br)cc3)nc2c1C. The summed E-state index contributed by atoms with van der Waals surface area (Å²) in [5, 5.41) is 3.93. The molecule has 0 atom stereocenters. The van der Waals surface area contributed by atoms with Crippen molar-refractivity contribution in [1.29, 1.82) is 0 Å². The van der Waals surface area contributed by atoms with E-state index < -0.39 is 0 Å². The molecule has 3 nitrogen and oxygen atoms in total. The lowest BCUT2D eigenvalue weighted by Crippen LogP contribution is -2.13. The monoisotopic (exact) mass is 454 g/mol. The van der Waals surface area contributed by atoms with E-state index in [0.29, 0.717) is 5.56 Å². The van der Waals surface area contributed by atoms with Crippen LogP contribution in [0.3, 0.4) is 0 Å². The molecule has 0 bridgehead atoms. The lowest BCUT2D eigenvalue weighted by atomic mass is 10.1. The second-order valence-electron chi connectivity index (χ2n) is 5.16.